The summed E-state index contributed by atoms with van der Waals surface area (Å²) in [6.07, 6.45) is 6.15. The average molecular weight is 328 g/mol. The molecule has 0 spiro atoms. The Balaban J connectivity index is 1.93. The Kier molecular flexibility index (Phi) is 2.61. The molecule has 0 N–H and O–H groups in total. The first kappa shape index (κ1) is 10.5. The number of anilines is 1. The van der Waals surface area contributed by atoms with Crippen molar-refractivity contribution in [1.82, 2.24) is 4.98 Å². The topological polar surface area (TPSA) is 33.2 Å². The number of hydrogen-bond acceptors (Lipinski definition) is 2. The molecule has 1 aromatic rings. The summed E-state index contributed by atoms with van der Waals surface area (Å²) >= 11 is 2.23. The van der Waals surface area contributed by atoms with Crippen molar-refractivity contribution in [3.05, 3.63) is 21.9 Å². The van der Waals surface area contributed by atoms with Gasteiger partial charge in [-0.3, -0.25) is 9.69 Å². The van der Waals surface area contributed by atoms with Gasteiger partial charge in [-0.2, -0.15) is 0 Å². The second-order valence-corrected chi connectivity index (χ2v) is 5.81. The fourth-order valence-electron chi connectivity index (χ4n) is 2.91. The fourth-order valence-corrected chi connectivity index (χ4v) is 3.23. The molecule has 3 rings (SSSR count). The molecule has 4 heteroatoms. The van der Waals surface area contributed by atoms with Crippen molar-refractivity contribution >= 4 is 34.3 Å². The Hall–Kier alpha value is -0.650. The van der Waals surface area contributed by atoms with Crippen molar-refractivity contribution in [2.24, 2.45) is 5.92 Å². The predicted molar refractivity (Wildman–Crippen MR) is 70.2 cm³/mol. The predicted octanol–water partition coefficient (Wildman–Crippen LogP) is 2.59. The zero-order valence-corrected chi connectivity index (χ0v) is 11.1. The molecule has 1 aliphatic heterocycles. The van der Waals surface area contributed by atoms with Crippen LogP contribution in [0.4, 0.5) is 5.82 Å². The standard InChI is InChI=1S/C12H13IN2O/c13-9-4-5-11(14-7-9)15-10-3-1-2-8(10)6-12(15)16/h4-5,7-8,10H,1-3,6H2/t8-,10-/m1/s1. The molecule has 1 aliphatic carbocycles. The number of carbonyl (C=O) groups excluding carboxylic acids is 1. The van der Waals surface area contributed by atoms with E-state index in [1.807, 2.05) is 23.2 Å². The third-order valence-electron chi connectivity index (χ3n) is 3.61. The van der Waals surface area contributed by atoms with Crippen LogP contribution in [-0.4, -0.2) is 16.9 Å². The molecule has 84 valence electrons. The van der Waals surface area contributed by atoms with Gasteiger partial charge in [0.1, 0.15) is 5.82 Å². The summed E-state index contributed by atoms with van der Waals surface area (Å²) in [4.78, 5) is 18.3. The zero-order chi connectivity index (χ0) is 11.1. The lowest BCUT2D eigenvalue weighted by atomic mass is 10.0. The van der Waals surface area contributed by atoms with Crippen molar-refractivity contribution in [3.63, 3.8) is 0 Å². The van der Waals surface area contributed by atoms with E-state index in [1.54, 1.807) is 0 Å². The van der Waals surface area contributed by atoms with Gasteiger partial charge in [0.25, 0.3) is 0 Å². The Labute approximate surface area is 108 Å². The molecule has 0 unspecified atom stereocenters. The van der Waals surface area contributed by atoms with Gasteiger partial charge in [0.2, 0.25) is 5.91 Å². The van der Waals surface area contributed by atoms with Gasteiger partial charge in [0.15, 0.2) is 0 Å². The highest BCUT2D eigenvalue weighted by Crippen LogP contribution is 2.40. The summed E-state index contributed by atoms with van der Waals surface area (Å²) < 4.78 is 1.11. The molecule has 1 aromatic heterocycles. The molecule has 0 aromatic carbocycles. The second kappa shape index (κ2) is 3.98. The Morgan fingerprint density at radius 2 is 2.25 bits per heavy atom. The summed E-state index contributed by atoms with van der Waals surface area (Å²) in [5.41, 5.74) is 0. The summed E-state index contributed by atoms with van der Waals surface area (Å²) in [6, 6.07) is 4.39. The first-order chi connectivity index (χ1) is 7.75. The minimum Gasteiger partial charge on any atom is -0.293 e. The van der Waals surface area contributed by atoms with Crippen molar-refractivity contribution in [3.8, 4) is 0 Å². The van der Waals surface area contributed by atoms with E-state index in [2.05, 4.69) is 27.6 Å². The molecule has 1 amide bonds. The van der Waals surface area contributed by atoms with Gasteiger partial charge < -0.3 is 0 Å². The normalized spacial score (nSPS) is 28.6. The molecular formula is C12H13IN2O. The van der Waals surface area contributed by atoms with Crippen LogP contribution in [0.3, 0.4) is 0 Å². The van der Waals surface area contributed by atoms with Crippen LogP contribution in [0.2, 0.25) is 0 Å². The van der Waals surface area contributed by atoms with Gasteiger partial charge in [0, 0.05) is 22.2 Å². The highest BCUT2D eigenvalue weighted by molar-refractivity contribution is 14.1. The highest BCUT2D eigenvalue weighted by Gasteiger charge is 2.43. The van der Waals surface area contributed by atoms with Gasteiger partial charge in [-0.05, 0) is 53.5 Å². The van der Waals surface area contributed by atoms with Crippen LogP contribution in [0, 0.1) is 9.49 Å². The van der Waals surface area contributed by atoms with Gasteiger partial charge in [-0.25, -0.2) is 4.98 Å². The van der Waals surface area contributed by atoms with Gasteiger partial charge in [-0.1, -0.05) is 6.42 Å². The van der Waals surface area contributed by atoms with E-state index in [1.165, 1.54) is 12.8 Å². The van der Waals surface area contributed by atoms with Crippen LogP contribution in [0.1, 0.15) is 25.7 Å². The van der Waals surface area contributed by atoms with Crippen molar-refractivity contribution < 1.29 is 4.79 Å². The molecule has 0 radical (unpaired) electrons. The van der Waals surface area contributed by atoms with E-state index < -0.39 is 0 Å². The number of aromatic nitrogens is 1. The maximum atomic E-state index is 12.0. The molecule has 16 heavy (non-hydrogen) atoms. The second-order valence-electron chi connectivity index (χ2n) is 4.56. The van der Waals surface area contributed by atoms with Crippen molar-refractivity contribution in [1.29, 1.82) is 0 Å². The summed E-state index contributed by atoms with van der Waals surface area (Å²) in [7, 11) is 0. The highest BCUT2D eigenvalue weighted by atomic mass is 127. The van der Waals surface area contributed by atoms with E-state index in [0.29, 0.717) is 12.0 Å². The first-order valence-electron chi connectivity index (χ1n) is 5.69. The molecule has 2 fully saturated rings. The van der Waals surface area contributed by atoms with Crippen LogP contribution in [0.15, 0.2) is 18.3 Å². The monoisotopic (exact) mass is 328 g/mol. The molecule has 1 saturated heterocycles. The Morgan fingerprint density at radius 3 is 3.00 bits per heavy atom. The van der Waals surface area contributed by atoms with Crippen molar-refractivity contribution in [2.45, 2.75) is 31.7 Å². The van der Waals surface area contributed by atoms with E-state index >= 15 is 0 Å². The third kappa shape index (κ3) is 1.63. The maximum Gasteiger partial charge on any atom is 0.228 e. The number of hydrogen-bond donors (Lipinski definition) is 0. The summed E-state index contributed by atoms with van der Waals surface area (Å²) in [6.45, 7) is 0. The summed E-state index contributed by atoms with van der Waals surface area (Å²) in [5.74, 6) is 1.66. The largest absolute Gasteiger partial charge is 0.293 e. The van der Waals surface area contributed by atoms with Crippen LogP contribution in [0.5, 0.6) is 0 Å². The maximum absolute atomic E-state index is 12.0. The Bertz CT molecular complexity index is 418. The lowest BCUT2D eigenvalue weighted by Crippen LogP contribution is -2.33. The molecule has 2 aliphatic rings. The number of carbonyl (C=O) groups is 1. The lowest BCUT2D eigenvalue weighted by Gasteiger charge is -2.22. The van der Waals surface area contributed by atoms with E-state index in [-0.39, 0.29) is 5.91 Å². The van der Waals surface area contributed by atoms with Crippen LogP contribution >= 0.6 is 22.6 Å². The smallest absolute Gasteiger partial charge is 0.228 e. The number of amides is 1. The van der Waals surface area contributed by atoms with Gasteiger partial charge in [0.05, 0.1) is 0 Å². The minimum atomic E-state index is 0.253. The fraction of sp³-hybridized carbons (Fsp3) is 0.500. The molecule has 3 nitrogen and oxygen atoms in total. The van der Waals surface area contributed by atoms with Crippen molar-refractivity contribution in [2.75, 3.05) is 4.90 Å². The quantitative estimate of drug-likeness (QED) is 0.743. The lowest BCUT2D eigenvalue weighted by molar-refractivity contribution is -0.117. The van der Waals surface area contributed by atoms with Crippen LogP contribution < -0.4 is 4.90 Å². The number of fused-ring (bicyclic) bond motifs is 1. The number of pyridine rings is 1. The zero-order valence-electron chi connectivity index (χ0n) is 8.90. The number of rotatable bonds is 1. The van der Waals surface area contributed by atoms with E-state index in [0.717, 1.165) is 22.2 Å². The van der Waals surface area contributed by atoms with Crippen LogP contribution in [0.25, 0.3) is 0 Å². The molecule has 2 atom stereocenters. The first-order valence-corrected chi connectivity index (χ1v) is 6.77. The SMILES string of the molecule is O=C1C[C@H]2CCC[C@H]2N1c1ccc(I)cn1. The van der Waals surface area contributed by atoms with E-state index in [9.17, 15) is 4.79 Å². The number of nitrogens with zero attached hydrogens (tertiary/aromatic N) is 2. The molecule has 0 bridgehead atoms. The Morgan fingerprint density at radius 1 is 1.38 bits per heavy atom. The number of halogens is 1. The average Bonchev–Trinajstić information content (AvgIpc) is 2.79. The molecule has 1 saturated carbocycles. The molecule has 2 heterocycles. The molecular weight excluding hydrogens is 315 g/mol. The van der Waals surface area contributed by atoms with Crippen LogP contribution in [-0.2, 0) is 4.79 Å². The summed E-state index contributed by atoms with van der Waals surface area (Å²) in [5, 5.41) is 0. The minimum absolute atomic E-state index is 0.253. The van der Waals surface area contributed by atoms with Gasteiger partial charge >= 0.3 is 0 Å². The van der Waals surface area contributed by atoms with E-state index in [4.69, 9.17) is 0 Å². The van der Waals surface area contributed by atoms with Gasteiger partial charge in [-0.15, -0.1) is 0 Å². The third-order valence-corrected chi connectivity index (χ3v) is 4.25.